The lowest BCUT2D eigenvalue weighted by molar-refractivity contribution is -0.0287. The fraction of sp³-hybridized carbons (Fsp3) is 0.571. The average Bonchev–Trinajstić information content (AvgIpc) is 2.41. The lowest BCUT2D eigenvalue weighted by Crippen LogP contribution is -2.29. The molecule has 1 aliphatic rings. The van der Waals surface area contributed by atoms with Crippen molar-refractivity contribution in [2.45, 2.75) is 44.3 Å². The van der Waals surface area contributed by atoms with Crippen LogP contribution >= 0.6 is 0 Å². The molecule has 0 spiro atoms. The van der Waals surface area contributed by atoms with Gasteiger partial charge in [-0.3, -0.25) is 0 Å². The van der Waals surface area contributed by atoms with Gasteiger partial charge in [0.05, 0.1) is 6.10 Å². The Morgan fingerprint density at radius 3 is 2.28 bits per heavy atom. The second-order valence-electron chi connectivity index (χ2n) is 5.01. The van der Waals surface area contributed by atoms with E-state index < -0.39 is 23.8 Å². The zero-order chi connectivity index (χ0) is 13.1. The summed E-state index contributed by atoms with van der Waals surface area (Å²) in [6.45, 7) is 0. The lowest BCUT2D eigenvalue weighted by Gasteiger charge is -2.29. The molecule has 1 aliphatic carbocycles. The maximum Gasteiger partial charge on any atom is 0.159 e. The van der Waals surface area contributed by atoms with E-state index in [0.29, 0.717) is 0 Å². The first-order chi connectivity index (χ1) is 8.59. The van der Waals surface area contributed by atoms with Crippen LogP contribution in [0.25, 0.3) is 0 Å². The minimum atomic E-state index is -1.15. The molecular weight excluding hydrogens is 238 g/mol. The molecule has 0 amide bonds. The fourth-order valence-corrected chi connectivity index (χ4v) is 2.63. The van der Waals surface area contributed by atoms with Crippen LogP contribution in [-0.2, 0) is 0 Å². The number of hydrogen-bond acceptors (Lipinski definition) is 2. The SMILES string of the molecule is OC(c1ccc(F)c(F)c1)C(O)C1CCCCC1. The highest BCUT2D eigenvalue weighted by Crippen LogP contribution is 2.32. The van der Waals surface area contributed by atoms with Gasteiger partial charge < -0.3 is 10.2 Å². The molecule has 0 aliphatic heterocycles. The largest absolute Gasteiger partial charge is 0.390 e. The van der Waals surface area contributed by atoms with Gasteiger partial charge in [0.1, 0.15) is 6.10 Å². The summed E-state index contributed by atoms with van der Waals surface area (Å²) >= 11 is 0. The van der Waals surface area contributed by atoms with Crippen molar-refractivity contribution in [1.29, 1.82) is 0 Å². The number of halogens is 2. The predicted octanol–water partition coefficient (Wildman–Crippen LogP) is 2.94. The van der Waals surface area contributed by atoms with Crippen molar-refractivity contribution in [3.63, 3.8) is 0 Å². The van der Waals surface area contributed by atoms with E-state index in [1.165, 1.54) is 6.07 Å². The molecule has 1 saturated carbocycles. The highest BCUT2D eigenvalue weighted by molar-refractivity contribution is 5.21. The maximum atomic E-state index is 13.1. The summed E-state index contributed by atoms with van der Waals surface area (Å²) in [5.74, 6) is -1.90. The first kappa shape index (κ1) is 13.4. The minimum absolute atomic E-state index is 0.0434. The lowest BCUT2D eigenvalue weighted by atomic mass is 9.82. The van der Waals surface area contributed by atoms with Crippen LogP contribution in [0.15, 0.2) is 18.2 Å². The monoisotopic (exact) mass is 256 g/mol. The van der Waals surface area contributed by atoms with Crippen LogP contribution in [-0.4, -0.2) is 16.3 Å². The Morgan fingerprint density at radius 1 is 1.00 bits per heavy atom. The molecule has 2 nitrogen and oxygen atoms in total. The quantitative estimate of drug-likeness (QED) is 0.873. The normalized spacial score (nSPS) is 20.7. The summed E-state index contributed by atoms with van der Waals surface area (Å²) in [4.78, 5) is 0. The van der Waals surface area contributed by atoms with Crippen molar-refractivity contribution in [3.8, 4) is 0 Å². The summed E-state index contributed by atoms with van der Waals surface area (Å²) in [5, 5.41) is 20.1. The molecule has 0 saturated heterocycles. The smallest absolute Gasteiger partial charge is 0.159 e. The van der Waals surface area contributed by atoms with Gasteiger partial charge in [0.25, 0.3) is 0 Å². The topological polar surface area (TPSA) is 40.5 Å². The van der Waals surface area contributed by atoms with Crippen molar-refractivity contribution in [3.05, 3.63) is 35.4 Å². The van der Waals surface area contributed by atoms with E-state index >= 15 is 0 Å². The molecule has 4 heteroatoms. The van der Waals surface area contributed by atoms with E-state index in [2.05, 4.69) is 0 Å². The molecule has 100 valence electrons. The highest BCUT2D eigenvalue weighted by atomic mass is 19.2. The Kier molecular flexibility index (Phi) is 4.30. The second kappa shape index (κ2) is 5.76. The van der Waals surface area contributed by atoms with E-state index in [1.54, 1.807) is 0 Å². The van der Waals surface area contributed by atoms with Gasteiger partial charge in [0.2, 0.25) is 0 Å². The highest BCUT2D eigenvalue weighted by Gasteiger charge is 2.28. The van der Waals surface area contributed by atoms with Crippen molar-refractivity contribution in [1.82, 2.24) is 0 Å². The Balaban J connectivity index is 2.09. The molecule has 2 rings (SSSR count). The van der Waals surface area contributed by atoms with Gasteiger partial charge in [-0.1, -0.05) is 25.3 Å². The molecule has 0 heterocycles. The van der Waals surface area contributed by atoms with Crippen LogP contribution in [0.4, 0.5) is 8.78 Å². The van der Waals surface area contributed by atoms with Gasteiger partial charge in [0.15, 0.2) is 11.6 Å². The molecule has 1 aromatic rings. The Morgan fingerprint density at radius 2 is 1.67 bits per heavy atom. The zero-order valence-electron chi connectivity index (χ0n) is 10.1. The summed E-state index contributed by atoms with van der Waals surface area (Å²) in [6.07, 6.45) is 2.95. The Hall–Kier alpha value is -1.00. The van der Waals surface area contributed by atoms with E-state index in [9.17, 15) is 19.0 Å². The van der Waals surface area contributed by atoms with E-state index in [1.807, 2.05) is 0 Å². The van der Waals surface area contributed by atoms with Crippen LogP contribution in [0.3, 0.4) is 0 Å². The first-order valence-corrected chi connectivity index (χ1v) is 6.40. The molecular formula is C14H18F2O2. The minimum Gasteiger partial charge on any atom is -0.390 e. The van der Waals surface area contributed by atoms with Crippen LogP contribution in [0.1, 0.15) is 43.8 Å². The molecule has 1 fully saturated rings. The van der Waals surface area contributed by atoms with Gasteiger partial charge in [-0.15, -0.1) is 0 Å². The van der Waals surface area contributed by atoms with Gasteiger partial charge in [-0.2, -0.15) is 0 Å². The fourth-order valence-electron chi connectivity index (χ4n) is 2.63. The predicted molar refractivity (Wildman–Crippen MR) is 63.9 cm³/mol. The van der Waals surface area contributed by atoms with Crippen molar-refractivity contribution >= 4 is 0 Å². The molecule has 18 heavy (non-hydrogen) atoms. The molecule has 0 aromatic heterocycles. The van der Waals surface area contributed by atoms with Crippen LogP contribution in [0, 0.1) is 17.6 Å². The van der Waals surface area contributed by atoms with Crippen molar-refractivity contribution < 1.29 is 19.0 Å². The van der Waals surface area contributed by atoms with Crippen molar-refractivity contribution in [2.24, 2.45) is 5.92 Å². The zero-order valence-corrected chi connectivity index (χ0v) is 10.1. The molecule has 2 unspecified atom stereocenters. The number of rotatable bonds is 3. The van der Waals surface area contributed by atoms with Gasteiger partial charge in [0, 0.05) is 0 Å². The Bertz CT molecular complexity index is 403. The van der Waals surface area contributed by atoms with Crippen LogP contribution in [0.5, 0.6) is 0 Å². The second-order valence-corrected chi connectivity index (χ2v) is 5.01. The summed E-state index contributed by atoms with van der Waals surface area (Å²) in [5.41, 5.74) is 0.229. The number of aliphatic hydroxyl groups excluding tert-OH is 2. The Labute approximate surface area is 105 Å². The molecule has 0 radical (unpaired) electrons. The molecule has 2 N–H and O–H groups in total. The van der Waals surface area contributed by atoms with E-state index in [0.717, 1.165) is 44.2 Å². The third kappa shape index (κ3) is 2.87. The van der Waals surface area contributed by atoms with E-state index in [-0.39, 0.29) is 11.5 Å². The van der Waals surface area contributed by atoms with E-state index in [4.69, 9.17) is 0 Å². The average molecular weight is 256 g/mol. The first-order valence-electron chi connectivity index (χ1n) is 6.40. The van der Waals surface area contributed by atoms with Gasteiger partial charge in [-0.25, -0.2) is 8.78 Å². The summed E-state index contributed by atoms with van der Waals surface area (Å²) in [6, 6.07) is 3.24. The number of aliphatic hydroxyl groups is 2. The van der Waals surface area contributed by atoms with Crippen LogP contribution < -0.4 is 0 Å². The third-order valence-electron chi connectivity index (χ3n) is 3.74. The summed E-state index contributed by atoms with van der Waals surface area (Å²) in [7, 11) is 0. The standard InChI is InChI=1S/C14H18F2O2/c15-11-7-6-10(8-12(11)16)14(18)13(17)9-4-2-1-3-5-9/h6-9,13-14,17-18H,1-5H2. The van der Waals surface area contributed by atoms with Crippen LogP contribution in [0.2, 0.25) is 0 Å². The molecule has 2 atom stereocenters. The third-order valence-corrected chi connectivity index (χ3v) is 3.74. The molecule has 1 aromatic carbocycles. The summed E-state index contributed by atoms with van der Waals surface area (Å²) < 4.78 is 25.9. The van der Waals surface area contributed by atoms with Gasteiger partial charge in [-0.05, 0) is 36.5 Å². The molecule has 0 bridgehead atoms. The van der Waals surface area contributed by atoms with Crippen molar-refractivity contribution in [2.75, 3.05) is 0 Å². The number of hydrogen-bond donors (Lipinski definition) is 2. The van der Waals surface area contributed by atoms with Gasteiger partial charge >= 0.3 is 0 Å². The maximum absolute atomic E-state index is 13.1. The number of benzene rings is 1.